The summed E-state index contributed by atoms with van der Waals surface area (Å²) in [6.45, 7) is 0. The third-order valence-electron chi connectivity index (χ3n) is 3.19. The molecule has 0 saturated heterocycles. The van der Waals surface area contributed by atoms with Gasteiger partial charge in [0.25, 0.3) is 5.91 Å². The molecule has 0 aliphatic heterocycles. The zero-order chi connectivity index (χ0) is 17.5. The SMILES string of the molecule is COc1cc(/C=N/NC(=O)c2ccccc2F)cc(OC)c1OC. The molecule has 6 nitrogen and oxygen atoms in total. The summed E-state index contributed by atoms with van der Waals surface area (Å²) in [5, 5.41) is 3.82. The quantitative estimate of drug-likeness (QED) is 0.652. The number of rotatable bonds is 6. The largest absolute Gasteiger partial charge is 0.493 e. The number of nitrogens with zero attached hydrogens (tertiary/aromatic N) is 1. The van der Waals surface area contributed by atoms with Crippen LogP contribution in [0.2, 0.25) is 0 Å². The van der Waals surface area contributed by atoms with Gasteiger partial charge in [-0.2, -0.15) is 5.10 Å². The van der Waals surface area contributed by atoms with Gasteiger partial charge in [0, 0.05) is 5.56 Å². The molecule has 0 fully saturated rings. The Morgan fingerprint density at radius 1 is 1.08 bits per heavy atom. The number of nitrogens with one attached hydrogen (secondary N) is 1. The van der Waals surface area contributed by atoms with Crippen LogP contribution in [0.4, 0.5) is 4.39 Å². The smallest absolute Gasteiger partial charge is 0.274 e. The molecule has 0 aliphatic rings. The van der Waals surface area contributed by atoms with E-state index in [2.05, 4.69) is 10.5 Å². The van der Waals surface area contributed by atoms with E-state index in [-0.39, 0.29) is 5.56 Å². The number of carbonyl (C=O) groups excluding carboxylic acids is 1. The van der Waals surface area contributed by atoms with E-state index in [1.54, 1.807) is 18.2 Å². The Labute approximate surface area is 138 Å². The Hall–Kier alpha value is -3.09. The summed E-state index contributed by atoms with van der Waals surface area (Å²) in [5.74, 6) is 0.111. The van der Waals surface area contributed by atoms with Crippen molar-refractivity contribution in [2.45, 2.75) is 0 Å². The van der Waals surface area contributed by atoms with Crippen molar-refractivity contribution in [2.24, 2.45) is 5.10 Å². The highest BCUT2D eigenvalue weighted by Gasteiger charge is 2.13. The molecule has 0 aliphatic carbocycles. The number of halogens is 1. The number of hydrazone groups is 1. The van der Waals surface area contributed by atoms with Crippen molar-refractivity contribution in [2.75, 3.05) is 21.3 Å². The molecule has 2 aromatic carbocycles. The predicted molar refractivity (Wildman–Crippen MR) is 87.6 cm³/mol. The Morgan fingerprint density at radius 2 is 1.71 bits per heavy atom. The van der Waals surface area contributed by atoms with Crippen molar-refractivity contribution >= 4 is 12.1 Å². The molecule has 1 amide bonds. The minimum atomic E-state index is -0.642. The van der Waals surface area contributed by atoms with Crippen molar-refractivity contribution in [3.05, 3.63) is 53.3 Å². The molecule has 1 N–H and O–H groups in total. The van der Waals surface area contributed by atoms with Crippen molar-refractivity contribution in [3.8, 4) is 17.2 Å². The van der Waals surface area contributed by atoms with E-state index in [1.165, 1.54) is 45.7 Å². The van der Waals surface area contributed by atoms with Gasteiger partial charge in [-0.15, -0.1) is 0 Å². The van der Waals surface area contributed by atoms with Crippen LogP contribution >= 0.6 is 0 Å². The van der Waals surface area contributed by atoms with Crippen LogP contribution in [-0.2, 0) is 0 Å². The second-order valence-corrected chi connectivity index (χ2v) is 4.64. The number of methoxy groups -OCH3 is 3. The van der Waals surface area contributed by atoms with Crippen LogP contribution in [-0.4, -0.2) is 33.5 Å². The molecule has 0 saturated carbocycles. The number of carbonyl (C=O) groups is 1. The molecule has 126 valence electrons. The molecule has 0 heterocycles. The number of ether oxygens (including phenoxy) is 3. The maximum absolute atomic E-state index is 13.5. The predicted octanol–water partition coefficient (Wildman–Crippen LogP) is 2.62. The molecule has 24 heavy (non-hydrogen) atoms. The van der Waals surface area contributed by atoms with Gasteiger partial charge in [0.1, 0.15) is 5.82 Å². The number of hydrogen-bond acceptors (Lipinski definition) is 5. The maximum Gasteiger partial charge on any atom is 0.274 e. The molecule has 7 heteroatoms. The van der Waals surface area contributed by atoms with Gasteiger partial charge in [-0.25, -0.2) is 9.82 Å². The molecule has 0 bridgehead atoms. The standard InChI is InChI=1S/C17H17FN2O4/c1-22-14-8-11(9-15(23-2)16(14)24-3)10-19-20-17(21)12-6-4-5-7-13(12)18/h4-10H,1-3H3,(H,20,21)/b19-10+. The van der Waals surface area contributed by atoms with Crippen LogP contribution in [0.25, 0.3) is 0 Å². The first-order valence-electron chi connectivity index (χ1n) is 6.98. The first kappa shape index (κ1) is 17.3. The Bertz CT molecular complexity index is 737. The molecule has 0 aromatic heterocycles. The number of amides is 1. The molecule has 0 unspecified atom stereocenters. The lowest BCUT2D eigenvalue weighted by Crippen LogP contribution is -2.18. The average Bonchev–Trinajstić information content (AvgIpc) is 2.60. The second kappa shape index (κ2) is 7.96. The molecule has 0 spiro atoms. The summed E-state index contributed by atoms with van der Waals surface area (Å²) in [7, 11) is 4.50. The fraction of sp³-hybridized carbons (Fsp3) is 0.176. The summed E-state index contributed by atoms with van der Waals surface area (Å²) in [6, 6.07) is 8.99. The lowest BCUT2D eigenvalue weighted by molar-refractivity contribution is 0.0951. The van der Waals surface area contributed by atoms with Crippen molar-refractivity contribution in [3.63, 3.8) is 0 Å². The van der Waals surface area contributed by atoms with Gasteiger partial charge in [0.05, 0.1) is 33.1 Å². The van der Waals surface area contributed by atoms with E-state index < -0.39 is 11.7 Å². The van der Waals surface area contributed by atoms with Crippen molar-refractivity contribution in [1.29, 1.82) is 0 Å². The zero-order valence-corrected chi connectivity index (χ0v) is 13.5. The lowest BCUT2D eigenvalue weighted by Gasteiger charge is -2.12. The second-order valence-electron chi connectivity index (χ2n) is 4.64. The van der Waals surface area contributed by atoms with E-state index in [4.69, 9.17) is 14.2 Å². The van der Waals surface area contributed by atoms with Crippen LogP contribution in [0.3, 0.4) is 0 Å². The van der Waals surface area contributed by atoms with E-state index in [0.29, 0.717) is 22.8 Å². The van der Waals surface area contributed by atoms with Gasteiger partial charge in [0.15, 0.2) is 11.5 Å². The van der Waals surface area contributed by atoms with E-state index in [1.807, 2.05) is 0 Å². The van der Waals surface area contributed by atoms with E-state index in [0.717, 1.165) is 0 Å². The van der Waals surface area contributed by atoms with Gasteiger partial charge in [-0.1, -0.05) is 12.1 Å². The fourth-order valence-corrected chi connectivity index (χ4v) is 2.05. The first-order valence-corrected chi connectivity index (χ1v) is 6.98. The summed E-state index contributed by atoms with van der Waals surface area (Å²) < 4.78 is 29.2. The summed E-state index contributed by atoms with van der Waals surface area (Å²) in [6.07, 6.45) is 1.39. The highest BCUT2D eigenvalue weighted by Crippen LogP contribution is 2.37. The van der Waals surface area contributed by atoms with Crippen LogP contribution in [0, 0.1) is 5.82 Å². The van der Waals surface area contributed by atoms with Crippen LogP contribution in [0.15, 0.2) is 41.5 Å². The summed E-state index contributed by atoms with van der Waals surface area (Å²) in [4.78, 5) is 11.9. The van der Waals surface area contributed by atoms with Gasteiger partial charge in [-0.05, 0) is 24.3 Å². The van der Waals surface area contributed by atoms with Gasteiger partial charge in [-0.3, -0.25) is 4.79 Å². The summed E-state index contributed by atoms with van der Waals surface area (Å²) >= 11 is 0. The highest BCUT2D eigenvalue weighted by atomic mass is 19.1. The molecular formula is C17H17FN2O4. The maximum atomic E-state index is 13.5. The zero-order valence-electron chi connectivity index (χ0n) is 13.5. The Balaban J connectivity index is 2.17. The van der Waals surface area contributed by atoms with E-state index >= 15 is 0 Å². The highest BCUT2D eigenvalue weighted by molar-refractivity contribution is 5.95. The van der Waals surface area contributed by atoms with Crippen LogP contribution < -0.4 is 19.6 Å². The Morgan fingerprint density at radius 3 is 2.25 bits per heavy atom. The normalized spacial score (nSPS) is 10.5. The van der Waals surface area contributed by atoms with Crippen LogP contribution in [0.1, 0.15) is 15.9 Å². The number of benzene rings is 2. The minimum absolute atomic E-state index is 0.0838. The lowest BCUT2D eigenvalue weighted by atomic mass is 10.2. The number of hydrogen-bond donors (Lipinski definition) is 1. The van der Waals surface area contributed by atoms with Gasteiger partial charge >= 0.3 is 0 Å². The molecule has 2 aromatic rings. The van der Waals surface area contributed by atoms with Gasteiger partial charge < -0.3 is 14.2 Å². The first-order chi connectivity index (χ1) is 11.6. The third kappa shape index (κ3) is 3.81. The average molecular weight is 332 g/mol. The third-order valence-corrected chi connectivity index (χ3v) is 3.19. The van der Waals surface area contributed by atoms with Gasteiger partial charge in [0.2, 0.25) is 5.75 Å². The fourth-order valence-electron chi connectivity index (χ4n) is 2.05. The van der Waals surface area contributed by atoms with Crippen LogP contribution in [0.5, 0.6) is 17.2 Å². The molecule has 0 radical (unpaired) electrons. The van der Waals surface area contributed by atoms with E-state index in [9.17, 15) is 9.18 Å². The van der Waals surface area contributed by atoms with Crippen molar-refractivity contribution < 1.29 is 23.4 Å². The minimum Gasteiger partial charge on any atom is -0.493 e. The van der Waals surface area contributed by atoms with Crippen molar-refractivity contribution in [1.82, 2.24) is 5.43 Å². The monoisotopic (exact) mass is 332 g/mol. The molecule has 0 atom stereocenters. The molecule has 2 rings (SSSR count). The Kier molecular flexibility index (Phi) is 5.73. The topological polar surface area (TPSA) is 69.2 Å². The molecular weight excluding hydrogens is 315 g/mol. The summed E-state index contributed by atoms with van der Waals surface area (Å²) in [5.41, 5.74) is 2.80.